The molecule has 7 nitrogen and oxygen atoms in total. The number of hydrogen-bond donors (Lipinski definition) is 2. The minimum Gasteiger partial charge on any atom is -0.481 e. The summed E-state index contributed by atoms with van der Waals surface area (Å²) in [5.74, 6) is -0.193. The van der Waals surface area contributed by atoms with Gasteiger partial charge in [-0.25, -0.2) is 4.98 Å². The summed E-state index contributed by atoms with van der Waals surface area (Å²) in [4.78, 5) is 23.9. The van der Waals surface area contributed by atoms with Crippen LogP contribution < -0.4 is 5.32 Å². The molecule has 3 aromatic rings. The predicted molar refractivity (Wildman–Crippen MR) is 156 cm³/mol. The molecule has 4 rings (SSSR count). The maximum Gasteiger partial charge on any atom is 0.306 e. The molecule has 0 saturated carbocycles. The Bertz CT molecular complexity index is 1170. The first-order valence-electron chi connectivity index (χ1n) is 14.2. The van der Waals surface area contributed by atoms with Crippen LogP contribution >= 0.6 is 0 Å². The second-order valence-corrected chi connectivity index (χ2v) is 10.6. The molecule has 1 aromatic carbocycles. The Morgan fingerprint density at radius 3 is 2.62 bits per heavy atom. The number of nitrogens with one attached hydrogen (secondary N) is 1. The molecule has 2 N–H and O–H groups in total. The summed E-state index contributed by atoms with van der Waals surface area (Å²) in [6, 6.07) is 18.4. The molecule has 2 atom stereocenters. The lowest BCUT2D eigenvalue weighted by Gasteiger charge is -2.26. The van der Waals surface area contributed by atoms with Crippen molar-refractivity contribution < 1.29 is 14.6 Å². The van der Waals surface area contributed by atoms with E-state index in [1.54, 1.807) is 7.11 Å². The van der Waals surface area contributed by atoms with Crippen molar-refractivity contribution in [2.45, 2.75) is 58.0 Å². The Morgan fingerprint density at radius 1 is 1.05 bits per heavy atom. The summed E-state index contributed by atoms with van der Waals surface area (Å²) in [5, 5.41) is 13.4. The molecule has 0 bridgehead atoms. The lowest BCUT2D eigenvalue weighted by Crippen LogP contribution is -2.35. The molecule has 2 aromatic heterocycles. The van der Waals surface area contributed by atoms with Crippen LogP contribution in [0, 0.1) is 5.92 Å². The van der Waals surface area contributed by atoms with Crippen molar-refractivity contribution in [3.63, 3.8) is 0 Å². The SMILES string of the molecule is CO[C@H](C)CN(CCCCc1ccc2c(n1)NCCC2)CC[C@H](Cc1ccc(-c2ccccc2)cn1)C(=O)O. The van der Waals surface area contributed by atoms with E-state index in [2.05, 4.69) is 34.3 Å². The molecule has 7 heteroatoms. The maximum atomic E-state index is 12.1. The van der Waals surface area contributed by atoms with E-state index < -0.39 is 11.9 Å². The number of nitrogens with zero attached hydrogens (tertiary/aromatic N) is 3. The van der Waals surface area contributed by atoms with E-state index in [0.29, 0.717) is 19.4 Å². The molecule has 0 spiro atoms. The van der Waals surface area contributed by atoms with Crippen molar-refractivity contribution in [3.8, 4) is 11.1 Å². The van der Waals surface area contributed by atoms with E-state index >= 15 is 0 Å². The van der Waals surface area contributed by atoms with Gasteiger partial charge in [-0.1, -0.05) is 42.5 Å². The zero-order chi connectivity index (χ0) is 27.5. The van der Waals surface area contributed by atoms with Gasteiger partial charge >= 0.3 is 5.97 Å². The van der Waals surface area contributed by atoms with Gasteiger partial charge in [0.2, 0.25) is 0 Å². The number of anilines is 1. The van der Waals surface area contributed by atoms with E-state index in [0.717, 1.165) is 73.7 Å². The minimum absolute atomic E-state index is 0.0915. The van der Waals surface area contributed by atoms with Gasteiger partial charge in [-0.3, -0.25) is 9.78 Å². The minimum atomic E-state index is -0.768. The van der Waals surface area contributed by atoms with Gasteiger partial charge in [0, 0.05) is 49.8 Å². The van der Waals surface area contributed by atoms with Crippen LogP contribution in [0.4, 0.5) is 5.82 Å². The van der Waals surface area contributed by atoms with Crippen molar-refractivity contribution in [3.05, 3.63) is 77.7 Å². The molecule has 1 aliphatic heterocycles. The van der Waals surface area contributed by atoms with Crippen molar-refractivity contribution in [1.29, 1.82) is 0 Å². The van der Waals surface area contributed by atoms with Crippen LogP contribution in [-0.2, 0) is 28.8 Å². The summed E-state index contributed by atoms with van der Waals surface area (Å²) in [6.07, 6.45) is 8.23. The first kappa shape index (κ1) is 28.7. The van der Waals surface area contributed by atoms with Gasteiger partial charge in [0.05, 0.1) is 12.0 Å². The molecule has 1 aliphatic rings. The largest absolute Gasteiger partial charge is 0.481 e. The Labute approximate surface area is 232 Å². The summed E-state index contributed by atoms with van der Waals surface area (Å²) >= 11 is 0. The number of aromatic nitrogens is 2. The zero-order valence-electron chi connectivity index (χ0n) is 23.3. The number of aryl methyl sites for hydroxylation is 2. The summed E-state index contributed by atoms with van der Waals surface area (Å²) in [5.41, 5.74) is 5.41. The number of carboxylic acid groups (broad SMARTS) is 1. The molecule has 0 radical (unpaired) electrons. The third-order valence-electron chi connectivity index (χ3n) is 7.56. The maximum absolute atomic E-state index is 12.1. The zero-order valence-corrected chi connectivity index (χ0v) is 23.3. The van der Waals surface area contributed by atoms with Gasteiger partial charge in [-0.2, -0.15) is 0 Å². The van der Waals surface area contributed by atoms with Crippen LogP contribution in [0.25, 0.3) is 11.1 Å². The van der Waals surface area contributed by atoms with Crippen LogP contribution in [0.1, 0.15) is 49.6 Å². The van der Waals surface area contributed by atoms with E-state index in [1.165, 1.54) is 12.0 Å². The van der Waals surface area contributed by atoms with Crippen LogP contribution in [0.2, 0.25) is 0 Å². The van der Waals surface area contributed by atoms with E-state index in [4.69, 9.17) is 9.72 Å². The number of fused-ring (bicyclic) bond motifs is 1. The Balaban J connectivity index is 1.28. The third-order valence-corrected chi connectivity index (χ3v) is 7.56. The van der Waals surface area contributed by atoms with Crippen LogP contribution in [0.15, 0.2) is 60.8 Å². The average Bonchev–Trinajstić information content (AvgIpc) is 2.97. The predicted octanol–water partition coefficient (Wildman–Crippen LogP) is 5.49. The van der Waals surface area contributed by atoms with Gasteiger partial charge in [0.15, 0.2) is 0 Å². The molecule has 208 valence electrons. The highest BCUT2D eigenvalue weighted by molar-refractivity contribution is 5.70. The highest BCUT2D eigenvalue weighted by Gasteiger charge is 2.21. The number of rotatable bonds is 15. The molecule has 0 aliphatic carbocycles. The van der Waals surface area contributed by atoms with Gasteiger partial charge in [0.1, 0.15) is 5.82 Å². The Hall–Kier alpha value is -3.29. The summed E-state index contributed by atoms with van der Waals surface area (Å²) in [6.45, 7) is 5.47. The van der Waals surface area contributed by atoms with Crippen molar-refractivity contribution in [1.82, 2.24) is 14.9 Å². The Kier molecular flexibility index (Phi) is 10.9. The molecule has 0 saturated heterocycles. The van der Waals surface area contributed by atoms with Gasteiger partial charge in [-0.15, -0.1) is 0 Å². The van der Waals surface area contributed by atoms with Gasteiger partial charge in [0.25, 0.3) is 0 Å². The fraction of sp³-hybridized carbons (Fsp3) is 0.469. The number of hydrogen-bond acceptors (Lipinski definition) is 6. The highest BCUT2D eigenvalue weighted by Crippen LogP contribution is 2.21. The number of benzene rings is 1. The van der Waals surface area contributed by atoms with E-state index in [9.17, 15) is 9.90 Å². The second kappa shape index (κ2) is 14.8. The molecular formula is C32H42N4O3. The first-order chi connectivity index (χ1) is 19.0. The first-order valence-corrected chi connectivity index (χ1v) is 14.2. The highest BCUT2D eigenvalue weighted by atomic mass is 16.5. The third kappa shape index (κ3) is 8.87. The second-order valence-electron chi connectivity index (χ2n) is 10.6. The lowest BCUT2D eigenvalue weighted by molar-refractivity contribution is -0.142. The van der Waals surface area contributed by atoms with Crippen molar-refractivity contribution >= 4 is 11.8 Å². The Morgan fingerprint density at radius 2 is 1.87 bits per heavy atom. The number of methoxy groups -OCH3 is 1. The number of carboxylic acids is 1. The topological polar surface area (TPSA) is 87.6 Å². The summed E-state index contributed by atoms with van der Waals surface area (Å²) < 4.78 is 5.52. The number of pyridine rings is 2. The molecular weight excluding hydrogens is 488 g/mol. The number of carbonyl (C=O) groups is 1. The number of aliphatic carboxylic acids is 1. The van der Waals surface area contributed by atoms with E-state index in [1.807, 2.05) is 48.7 Å². The van der Waals surface area contributed by atoms with Crippen LogP contribution in [0.5, 0.6) is 0 Å². The smallest absolute Gasteiger partial charge is 0.306 e. The number of unbranched alkanes of at least 4 members (excludes halogenated alkanes) is 1. The molecule has 0 unspecified atom stereocenters. The number of ether oxygens (including phenoxy) is 1. The fourth-order valence-corrected chi connectivity index (χ4v) is 5.13. The molecule has 0 amide bonds. The van der Waals surface area contributed by atoms with Gasteiger partial charge < -0.3 is 20.1 Å². The lowest BCUT2D eigenvalue weighted by atomic mass is 9.98. The van der Waals surface area contributed by atoms with Crippen molar-refractivity contribution in [2.75, 3.05) is 38.6 Å². The quantitative estimate of drug-likeness (QED) is 0.251. The molecule has 0 fully saturated rings. The standard InChI is InChI=1S/C32H42N4O3/c1-24(39-2)23-36(19-7-6-12-29-15-13-26-11-8-18-33-31(26)35-29)20-17-27(32(37)38)21-30-16-14-28(22-34-30)25-9-4-3-5-10-25/h3-5,9-10,13-16,22,24,27H,6-8,11-12,17-21,23H2,1-2H3,(H,33,35)(H,37,38)/t24-,27-/m1/s1. The normalized spacial score (nSPS) is 14.4. The monoisotopic (exact) mass is 530 g/mol. The molecule has 39 heavy (non-hydrogen) atoms. The van der Waals surface area contributed by atoms with E-state index in [-0.39, 0.29) is 6.10 Å². The average molecular weight is 531 g/mol. The van der Waals surface area contributed by atoms with Crippen molar-refractivity contribution in [2.24, 2.45) is 5.92 Å². The fourth-order valence-electron chi connectivity index (χ4n) is 5.13. The molecule has 3 heterocycles. The van der Waals surface area contributed by atoms with Gasteiger partial charge in [-0.05, 0) is 81.8 Å². The van der Waals surface area contributed by atoms with Crippen LogP contribution in [-0.4, -0.2) is 65.3 Å². The summed E-state index contributed by atoms with van der Waals surface area (Å²) in [7, 11) is 1.73. The van der Waals surface area contributed by atoms with Crippen LogP contribution in [0.3, 0.4) is 0 Å².